The van der Waals surface area contributed by atoms with Crippen LogP contribution in [0.25, 0.3) is 0 Å². The van der Waals surface area contributed by atoms with Gasteiger partial charge in [0.25, 0.3) is 0 Å². The summed E-state index contributed by atoms with van der Waals surface area (Å²) in [5.41, 5.74) is 3.24. The van der Waals surface area contributed by atoms with Gasteiger partial charge < -0.3 is 9.80 Å². The Morgan fingerprint density at radius 1 is 1.00 bits per heavy atom. The molecule has 1 rings (SSSR count). The first kappa shape index (κ1) is 19.3. The van der Waals surface area contributed by atoms with Crippen LogP contribution < -0.4 is 0 Å². The zero-order chi connectivity index (χ0) is 14.6. The van der Waals surface area contributed by atoms with Crippen LogP contribution in [-0.4, -0.2) is 56.9 Å². The van der Waals surface area contributed by atoms with Gasteiger partial charge in [0.05, 0.1) is 0 Å². The van der Waals surface area contributed by atoms with Gasteiger partial charge in [-0.1, -0.05) is 12.1 Å². The second-order valence-corrected chi connectivity index (χ2v) is 5.88. The van der Waals surface area contributed by atoms with Gasteiger partial charge in [0.2, 0.25) is 0 Å². The Morgan fingerprint density at radius 3 is 1.90 bits per heavy atom. The van der Waals surface area contributed by atoms with E-state index in [1.54, 1.807) is 0 Å². The van der Waals surface area contributed by atoms with Crippen molar-refractivity contribution in [1.29, 1.82) is 0 Å². The van der Waals surface area contributed by atoms with E-state index in [-0.39, 0.29) is 28.7 Å². The summed E-state index contributed by atoms with van der Waals surface area (Å²) in [5.74, 6) is 0.262. The summed E-state index contributed by atoms with van der Waals surface area (Å²) in [7, 11) is 8.04. The predicted octanol–water partition coefficient (Wildman–Crippen LogP) is 2.80. The van der Waals surface area contributed by atoms with E-state index in [1.165, 1.54) is 11.1 Å². The Balaban J connectivity index is 0.00000361. The molecule has 0 fully saturated rings. The Morgan fingerprint density at radius 2 is 1.50 bits per heavy atom. The van der Waals surface area contributed by atoms with Crippen molar-refractivity contribution in [2.75, 3.05) is 41.3 Å². The summed E-state index contributed by atoms with van der Waals surface area (Å²) < 4.78 is 0. The van der Waals surface area contributed by atoms with Crippen LogP contribution in [0.1, 0.15) is 21.5 Å². The van der Waals surface area contributed by atoms with E-state index >= 15 is 0 Å². The predicted molar refractivity (Wildman–Crippen MR) is 91.2 cm³/mol. The molecular formula is C16H27BrN2O. The maximum absolute atomic E-state index is 12.6. The standard InChI is InChI=1S/C16H26N2O.BrH/c1-12-7-8-14(9-13(12)2)16(19)15(10-17(3)4)11-18(5)6;/h7-9,15H,10-11H2,1-6H3;1H. The van der Waals surface area contributed by atoms with Crippen molar-refractivity contribution in [3.63, 3.8) is 0 Å². The third-order valence-electron chi connectivity index (χ3n) is 3.33. The number of benzene rings is 1. The first-order valence-electron chi connectivity index (χ1n) is 6.72. The van der Waals surface area contributed by atoms with Crippen molar-refractivity contribution in [2.45, 2.75) is 13.8 Å². The third kappa shape index (κ3) is 5.73. The number of hydrogen-bond acceptors (Lipinski definition) is 3. The molecule has 0 radical (unpaired) electrons. The average Bonchev–Trinajstić information content (AvgIpc) is 2.29. The van der Waals surface area contributed by atoms with Crippen molar-refractivity contribution in [2.24, 2.45) is 5.92 Å². The van der Waals surface area contributed by atoms with E-state index < -0.39 is 0 Å². The van der Waals surface area contributed by atoms with Crippen LogP contribution in [0.3, 0.4) is 0 Å². The minimum absolute atomic E-state index is 0. The van der Waals surface area contributed by atoms with E-state index in [0.29, 0.717) is 0 Å². The summed E-state index contributed by atoms with van der Waals surface area (Å²) in [6.45, 7) is 5.69. The van der Waals surface area contributed by atoms with Crippen molar-refractivity contribution in [1.82, 2.24) is 9.80 Å². The Kier molecular flexibility index (Phi) is 8.25. The second kappa shape index (κ2) is 8.55. The number of carbonyl (C=O) groups is 1. The van der Waals surface area contributed by atoms with Crippen molar-refractivity contribution < 1.29 is 4.79 Å². The summed E-state index contributed by atoms with van der Waals surface area (Å²) in [6, 6.07) is 5.99. The molecule has 0 unspecified atom stereocenters. The number of aryl methyl sites for hydroxylation is 2. The van der Waals surface area contributed by atoms with E-state index in [2.05, 4.69) is 23.6 Å². The Hall–Kier alpha value is -0.710. The number of rotatable bonds is 6. The van der Waals surface area contributed by atoms with Crippen molar-refractivity contribution in [3.05, 3.63) is 34.9 Å². The van der Waals surface area contributed by atoms with Gasteiger partial charge in [-0.25, -0.2) is 0 Å². The molecule has 0 amide bonds. The van der Waals surface area contributed by atoms with Gasteiger partial charge in [-0.3, -0.25) is 4.79 Å². The summed E-state index contributed by atoms with van der Waals surface area (Å²) in [4.78, 5) is 16.8. The highest BCUT2D eigenvalue weighted by Crippen LogP contribution is 2.15. The lowest BCUT2D eigenvalue weighted by Crippen LogP contribution is -2.35. The van der Waals surface area contributed by atoms with Crippen LogP contribution in [0.15, 0.2) is 18.2 Å². The number of halogens is 1. The largest absolute Gasteiger partial charge is 0.309 e. The molecule has 0 saturated carbocycles. The maximum Gasteiger partial charge on any atom is 0.168 e. The minimum Gasteiger partial charge on any atom is -0.309 e. The number of hydrogen-bond donors (Lipinski definition) is 0. The molecule has 0 bridgehead atoms. The van der Waals surface area contributed by atoms with Gasteiger partial charge in [0.15, 0.2) is 5.78 Å². The molecule has 0 aliphatic rings. The zero-order valence-electron chi connectivity index (χ0n) is 13.4. The fourth-order valence-electron chi connectivity index (χ4n) is 2.24. The third-order valence-corrected chi connectivity index (χ3v) is 3.33. The molecule has 0 spiro atoms. The highest BCUT2D eigenvalue weighted by Gasteiger charge is 2.21. The van der Waals surface area contributed by atoms with Crippen molar-refractivity contribution >= 4 is 22.8 Å². The van der Waals surface area contributed by atoms with E-state index in [0.717, 1.165) is 18.7 Å². The van der Waals surface area contributed by atoms with Gasteiger partial charge >= 0.3 is 0 Å². The number of Topliss-reactive ketones (excluding diaryl/α,β-unsaturated/α-hetero) is 1. The lowest BCUT2D eigenvalue weighted by molar-refractivity contribution is 0.0870. The van der Waals surface area contributed by atoms with Gasteiger partial charge in [0, 0.05) is 24.6 Å². The number of nitrogens with zero attached hydrogens (tertiary/aromatic N) is 2. The van der Waals surface area contributed by atoms with E-state index in [1.807, 2.05) is 46.4 Å². The molecule has 0 atom stereocenters. The number of ketones is 1. The van der Waals surface area contributed by atoms with Crippen molar-refractivity contribution in [3.8, 4) is 0 Å². The van der Waals surface area contributed by atoms with Gasteiger partial charge in [-0.15, -0.1) is 17.0 Å². The molecule has 20 heavy (non-hydrogen) atoms. The van der Waals surface area contributed by atoms with Gasteiger partial charge in [0.1, 0.15) is 0 Å². The molecule has 0 heterocycles. The maximum atomic E-state index is 12.6. The SMILES string of the molecule is Br.Cc1ccc(C(=O)C(CN(C)C)CN(C)C)cc1C. The van der Waals surface area contributed by atoms with Crippen LogP contribution >= 0.6 is 17.0 Å². The molecule has 0 saturated heterocycles. The highest BCUT2D eigenvalue weighted by molar-refractivity contribution is 8.93. The van der Waals surface area contributed by atoms with E-state index in [4.69, 9.17) is 0 Å². The molecule has 0 aromatic heterocycles. The highest BCUT2D eigenvalue weighted by atomic mass is 79.9. The molecule has 1 aromatic carbocycles. The fraction of sp³-hybridized carbons (Fsp3) is 0.562. The first-order valence-corrected chi connectivity index (χ1v) is 6.72. The lowest BCUT2D eigenvalue weighted by Gasteiger charge is -2.23. The quantitative estimate of drug-likeness (QED) is 0.742. The first-order chi connectivity index (χ1) is 8.81. The molecule has 4 heteroatoms. The average molecular weight is 343 g/mol. The molecule has 0 N–H and O–H groups in total. The summed E-state index contributed by atoms with van der Waals surface area (Å²) >= 11 is 0. The molecule has 0 aliphatic carbocycles. The van der Waals surface area contributed by atoms with E-state index in [9.17, 15) is 4.79 Å². The normalized spacial score (nSPS) is 11.1. The lowest BCUT2D eigenvalue weighted by atomic mass is 9.94. The smallest absolute Gasteiger partial charge is 0.168 e. The van der Waals surface area contributed by atoms with Gasteiger partial charge in [-0.05, 0) is 59.2 Å². The van der Waals surface area contributed by atoms with Gasteiger partial charge in [-0.2, -0.15) is 0 Å². The zero-order valence-corrected chi connectivity index (χ0v) is 15.1. The van der Waals surface area contributed by atoms with Crippen LogP contribution in [0.2, 0.25) is 0 Å². The molecule has 0 aliphatic heterocycles. The fourth-order valence-corrected chi connectivity index (χ4v) is 2.24. The van der Waals surface area contributed by atoms with Crippen LogP contribution in [-0.2, 0) is 0 Å². The molecule has 3 nitrogen and oxygen atoms in total. The Bertz CT molecular complexity index is 434. The summed E-state index contributed by atoms with van der Waals surface area (Å²) in [6.07, 6.45) is 0. The minimum atomic E-state index is 0. The Labute approximate surface area is 133 Å². The monoisotopic (exact) mass is 342 g/mol. The van der Waals surface area contributed by atoms with Crippen LogP contribution in [0, 0.1) is 19.8 Å². The summed E-state index contributed by atoms with van der Waals surface area (Å²) in [5, 5.41) is 0. The molecular weight excluding hydrogens is 316 g/mol. The molecule has 114 valence electrons. The molecule has 1 aromatic rings. The van der Waals surface area contributed by atoms with Crippen LogP contribution in [0.4, 0.5) is 0 Å². The topological polar surface area (TPSA) is 23.6 Å². The number of carbonyl (C=O) groups excluding carboxylic acids is 1. The van der Waals surface area contributed by atoms with Crippen LogP contribution in [0.5, 0.6) is 0 Å². The second-order valence-electron chi connectivity index (χ2n) is 5.88.